The van der Waals surface area contributed by atoms with E-state index in [1.54, 1.807) is 6.92 Å². The molecule has 1 unspecified atom stereocenters. The van der Waals surface area contributed by atoms with E-state index in [2.05, 4.69) is 17.6 Å². The highest BCUT2D eigenvalue weighted by Gasteiger charge is 2.49. The lowest BCUT2D eigenvalue weighted by molar-refractivity contribution is -0.133. The Bertz CT molecular complexity index is 1190. The quantitative estimate of drug-likeness (QED) is 0.486. The molecule has 1 heterocycles. The van der Waals surface area contributed by atoms with Crippen molar-refractivity contribution in [2.45, 2.75) is 38.6 Å². The molecule has 34 heavy (non-hydrogen) atoms. The van der Waals surface area contributed by atoms with Crippen molar-refractivity contribution in [3.05, 3.63) is 101 Å². The van der Waals surface area contributed by atoms with Gasteiger partial charge in [0.1, 0.15) is 12.1 Å². The fourth-order valence-electron chi connectivity index (χ4n) is 4.28. The van der Waals surface area contributed by atoms with E-state index < -0.39 is 23.4 Å². The van der Waals surface area contributed by atoms with Gasteiger partial charge in [0.05, 0.1) is 0 Å². The van der Waals surface area contributed by atoms with Crippen molar-refractivity contribution in [1.82, 2.24) is 10.2 Å². The fraction of sp³-hybridized carbons (Fsp3) is 0.250. The largest absolute Gasteiger partial charge is 0.325 e. The lowest BCUT2D eigenvalue weighted by Gasteiger charge is -2.22. The van der Waals surface area contributed by atoms with E-state index in [4.69, 9.17) is 0 Å². The van der Waals surface area contributed by atoms with Crippen LogP contribution in [0.4, 0.5) is 10.5 Å². The van der Waals surface area contributed by atoms with Crippen LogP contribution >= 0.6 is 0 Å². The molecule has 0 saturated carbocycles. The van der Waals surface area contributed by atoms with Crippen molar-refractivity contribution in [2.75, 3.05) is 11.9 Å². The predicted molar refractivity (Wildman–Crippen MR) is 132 cm³/mol. The van der Waals surface area contributed by atoms with Gasteiger partial charge in [0.25, 0.3) is 5.91 Å². The second-order valence-corrected chi connectivity index (χ2v) is 8.76. The molecule has 1 aliphatic rings. The summed E-state index contributed by atoms with van der Waals surface area (Å²) >= 11 is 0. The summed E-state index contributed by atoms with van der Waals surface area (Å²) in [6, 6.07) is 24.6. The van der Waals surface area contributed by atoms with Crippen LogP contribution in [0.1, 0.15) is 42.5 Å². The van der Waals surface area contributed by atoms with E-state index in [0.717, 1.165) is 28.9 Å². The minimum absolute atomic E-state index is 0.353. The van der Waals surface area contributed by atoms with E-state index >= 15 is 0 Å². The maximum atomic E-state index is 13.2. The number of nitrogens with zero attached hydrogens (tertiary/aromatic N) is 1. The van der Waals surface area contributed by atoms with E-state index in [1.165, 1.54) is 5.56 Å². The van der Waals surface area contributed by atoms with E-state index in [1.807, 2.05) is 78.9 Å². The van der Waals surface area contributed by atoms with Crippen molar-refractivity contribution < 1.29 is 14.4 Å². The average molecular weight is 456 g/mol. The van der Waals surface area contributed by atoms with Gasteiger partial charge in [-0.2, -0.15) is 0 Å². The Balaban J connectivity index is 1.46. The van der Waals surface area contributed by atoms with Crippen molar-refractivity contribution in [2.24, 2.45) is 0 Å². The van der Waals surface area contributed by atoms with Crippen LogP contribution in [0.15, 0.2) is 78.9 Å². The second kappa shape index (κ2) is 9.91. The number of nitrogens with one attached hydrogen (secondary N) is 2. The number of hydrogen-bond acceptors (Lipinski definition) is 3. The Labute approximate surface area is 200 Å². The zero-order chi connectivity index (χ0) is 24.1. The normalized spacial score (nSPS) is 17.5. The maximum absolute atomic E-state index is 13.2. The van der Waals surface area contributed by atoms with Crippen LogP contribution in [0.5, 0.6) is 0 Å². The number of carbonyl (C=O) groups excluding carboxylic acids is 3. The lowest BCUT2D eigenvalue weighted by Crippen LogP contribution is -2.42. The molecule has 1 atom stereocenters. The molecule has 4 rings (SSSR count). The van der Waals surface area contributed by atoms with E-state index in [-0.39, 0.29) is 6.54 Å². The standard InChI is InChI=1S/C28H29N3O3/c1-3-9-20-14-16-23(17-15-20)28(2)26(33)31(27(34)30-28)19-25(32)29-24-13-8-7-12-22(24)18-21-10-5-4-6-11-21/h4-8,10-17H,3,9,18-19H2,1-2H3,(H,29,32)(H,30,34). The second-order valence-electron chi connectivity index (χ2n) is 8.76. The number of amides is 4. The van der Waals surface area contributed by atoms with Crippen molar-refractivity contribution in [3.63, 3.8) is 0 Å². The summed E-state index contributed by atoms with van der Waals surface area (Å²) in [4.78, 5) is 39.7. The maximum Gasteiger partial charge on any atom is 0.325 e. The van der Waals surface area contributed by atoms with Gasteiger partial charge in [-0.3, -0.25) is 14.5 Å². The van der Waals surface area contributed by atoms with Gasteiger partial charge >= 0.3 is 6.03 Å². The minimum atomic E-state index is -1.20. The van der Waals surface area contributed by atoms with Crippen LogP contribution in [0.3, 0.4) is 0 Å². The number of hydrogen-bond donors (Lipinski definition) is 2. The first-order valence-electron chi connectivity index (χ1n) is 11.6. The van der Waals surface area contributed by atoms with E-state index in [0.29, 0.717) is 17.7 Å². The molecule has 2 N–H and O–H groups in total. The summed E-state index contributed by atoms with van der Waals surface area (Å²) < 4.78 is 0. The Hall–Kier alpha value is -3.93. The van der Waals surface area contributed by atoms with Gasteiger partial charge < -0.3 is 10.6 Å². The first-order valence-corrected chi connectivity index (χ1v) is 11.6. The number of anilines is 1. The van der Waals surface area contributed by atoms with Gasteiger partial charge in [0.2, 0.25) is 5.91 Å². The molecular formula is C28H29N3O3. The molecule has 1 saturated heterocycles. The number of para-hydroxylation sites is 1. The van der Waals surface area contributed by atoms with Gasteiger partial charge in [-0.15, -0.1) is 0 Å². The van der Waals surface area contributed by atoms with Gasteiger partial charge in [-0.25, -0.2) is 4.79 Å². The van der Waals surface area contributed by atoms with Crippen LogP contribution in [0.25, 0.3) is 0 Å². The molecule has 6 heteroatoms. The van der Waals surface area contributed by atoms with E-state index in [9.17, 15) is 14.4 Å². The Kier molecular flexibility index (Phi) is 6.77. The SMILES string of the molecule is CCCc1ccc(C2(C)NC(=O)N(CC(=O)Nc3ccccc3Cc3ccccc3)C2=O)cc1. The Morgan fingerprint density at radius 1 is 0.912 bits per heavy atom. The molecule has 6 nitrogen and oxygen atoms in total. The monoisotopic (exact) mass is 455 g/mol. The van der Waals surface area contributed by atoms with Crippen molar-refractivity contribution in [1.29, 1.82) is 0 Å². The highest BCUT2D eigenvalue weighted by molar-refractivity contribution is 6.10. The first-order chi connectivity index (χ1) is 16.4. The average Bonchev–Trinajstić information content (AvgIpc) is 3.05. The van der Waals surface area contributed by atoms with Gasteiger partial charge in [-0.1, -0.05) is 86.1 Å². The lowest BCUT2D eigenvalue weighted by atomic mass is 9.91. The summed E-state index contributed by atoms with van der Waals surface area (Å²) in [5, 5.41) is 5.64. The summed E-state index contributed by atoms with van der Waals surface area (Å²) in [5.74, 6) is -0.861. The molecule has 0 bridgehead atoms. The van der Waals surface area contributed by atoms with Crippen LogP contribution in [0, 0.1) is 0 Å². The molecule has 3 aromatic rings. The van der Waals surface area contributed by atoms with Crippen LogP contribution in [-0.4, -0.2) is 29.3 Å². The van der Waals surface area contributed by atoms with Crippen LogP contribution < -0.4 is 10.6 Å². The molecule has 0 radical (unpaired) electrons. The molecule has 174 valence electrons. The smallest absolute Gasteiger partial charge is 0.324 e. The summed E-state index contributed by atoms with van der Waals surface area (Å²) in [5.41, 5.74) is 3.42. The Morgan fingerprint density at radius 2 is 1.59 bits per heavy atom. The Morgan fingerprint density at radius 3 is 2.29 bits per heavy atom. The van der Waals surface area contributed by atoms with Gasteiger partial charge in [0, 0.05) is 5.69 Å². The summed E-state index contributed by atoms with van der Waals surface area (Å²) in [6.07, 6.45) is 2.64. The highest BCUT2D eigenvalue weighted by Crippen LogP contribution is 2.29. The number of benzene rings is 3. The third kappa shape index (κ3) is 4.86. The van der Waals surface area contributed by atoms with Crippen LogP contribution in [0.2, 0.25) is 0 Å². The van der Waals surface area contributed by atoms with Crippen molar-refractivity contribution in [3.8, 4) is 0 Å². The molecule has 0 spiro atoms. The zero-order valence-corrected chi connectivity index (χ0v) is 19.5. The number of imide groups is 1. The number of carbonyl (C=O) groups is 3. The fourth-order valence-corrected chi connectivity index (χ4v) is 4.28. The molecule has 4 amide bonds. The van der Waals surface area contributed by atoms with Crippen LogP contribution in [-0.2, 0) is 28.0 Å². The molecule has 3 aromatic carbocycles. The molecule has 1 fully saturated rings. The molecule has 0 aromatic heterocycles. The molecule has 0 aliphatic carbocycles. The third-order valence-electron chi connectivity index (χ3n) is 6.18. The van der Waals surface area contributed by atoms with Gasteiger partial charge in [-0.05, 0) is 48.1 Å². The topological polar surface area (TPSA) is 78.5 Å². The number of aryl methyl sites for hydroxylation is 1. The van der Waals surface area contributed by atoms with Crippen molar-refractivity contribution >= 4 is 23.5 Å². The third-order valence-corrected chi connectivity index (χ3v) is 6.18. The molecular weight excluding hydrogens is 426 g/mol. The zero-order valence-electron chi connectivity index (χ0n) is 19.5. The number of urea groups is 1. The summed E-state index contributed by atoms with van der Waals surface area (Å²) in [7, 11) is 0. The predicted octanol–water partition coefficient (Wildman–Crippen LogP) is 4.64. The van der Waals surface area contributed by atoms with Gasteiger partial charge in [0.15, 0.2) is 0 Å². The minimum Gasteiger partial charge on any atom is -0.324 e. The molecule has 1 aliphatic heterocycles. The number of rotatable bonds is 8. The first kappa shape index (κ1) is 23.2. The highest BCUT2D eigenvalue weighted by atomic mass is 16.2. The summed E-state index contributed by atoms with van der Waals surface area (Å²) in [6.45, 7) is 3.43.